The lowest BCUT2D eigenvalue weighted by Gasteiger charge is -2.15. The molecule has 0 aliphatic carbocycles. The summed E-state index contributed by atoms with van der Waals surface area (Å²) in [5.41, 5.74) is 1.67. The van der Waals surface area contributed by atoms with E-state index in [1.807, 2.05) is 19.1 Å². The number of anilines is 1. The van der Waals surface area contributed by atoms with Gasteiger partial charge in [-0.2, -0.15) is 8.78 Å². The summed E-state index contributed by atoms with van der Waals surface area (Å²) < 4.78 is 28.7. The first kappa shape index (κ1) is 18.4. The summed E-state index contributed by atoms with van der Waals surface area (Å²) in [5.74, 6) is -1.07. The van der Waals surface area contributed by atoms with Crippen molar-refractivity contribution < 1.29 is 23.1 Å². The predicted molar refractivity (Wildman–Crippen MR) is 89.8 cm³/mol. The van der Waals surface area contributed by atoms with Crippen molar-refractivity contribution in [3.63, 3.8) is 0 Å². The van der Waals surface area contributed by atoms with E-state index < -0.39 is 18.6 Å². The minimum Gasteiger partial charge on any atom is -0.435 e. The summed E-state index contributed by atoms with van der Waals surface area (Å²) >= 11 is 0. The fourth-order valence-electron chi connectivity index (χ4n) is 2.11. The minimum absolute atomic E-state index is 0.119. The van der Waals surface area contributed by atoms with Gasteiger partial charge in [-0.3, -0.25) is 9.59 Å². The third kappa shape index (κ3) is 5.27. The van der Waals surface area contributed by atoms with E-state index in [4.69, 9.17) is 0 Å². The van der Waals surface area contributed by atoms with Crippen LogP contribution in [0, 0.1) is 6.92 Å². The normalized spacial score (nSPS) is 11.7. The molecule has 2 N–H and O–H groups in total. The smallest absolute Gasteiger partial charge is 0.387 e. The van der Waals surface area contributed by atoms with Gasteiger partial charge < -0.3 is 15.4 Å². The SMILES string of the molecule is Cc1ccccc1NC(=O)C(C)NC(=O)c1cccc(OC(F)F)c1. The van der Waals surface area contributed by atoms with Crippen LogP contribution in [0.5, 0.6) is 5.75 Å². The quantitative estimate of drug-likeness (QED) is 0.841. The molecule has 0 saturated carbocycles. The van der Waals surface area contributed by atoms with Crippen LogP contribution in [-0.4, -0.2) is 24.5 Å². The lowest BCUT2D eigenvalue weighted by Crippen LogP contribution is -2.41. The molecule has 0 radical (unpaired) electrons. The van der Waals surface area contributed by atoms with Gasteiger partial charge in [-0.15, -0.1) is 0 Å². The van der Waals surface area contributed by atoms with Gasteiger partial charge in [-0.1, -0.05) is 24.3 Å². The molecule has 0 bridgehead atoms. The molecule has 1 unspecified atom stereocenters. The Kier molecular flexibility index (Phi) is 6.05. The number of aryl methyl sites for hydroxylation is 1. The van der Waals surface area contributed by atoms with Crippen LogP contribution >= 0.6 is 0 Å². The summed E-state index contributed by atoms with van der Waals surface area (Å²) in [6, 6.07) is 11.8. The Bertz CT molecular complexity index is 765. The second-order valence-corrected chi connectivity index (χ2v) is 5.41. The Balaban J connectivity index is 2.00. The van der Waals surface area contributed by atoms with Crippen molar-refractivity contribution in [2.75, 3.05) is 5.32 Å². The number of halogens is 2. The van der Waals surface area contributed by atoms with Crippen molar-refractivity contribution in [1.29, 1.82) is 0 Å². The van der Waals surface area contributed by atoms with Crippen LogP contribution in [0.1, 0.15) is 22.8 Å². The van der Waals surface area contributed by atoms with Crippen LogP contribution in [0.3, 0.4) is 0 Å². The van der Waals surface area contributed by atoms with Crippen molar-refractivity contribution in [1.82, 2.24) is 5.32 Å². The number of rotatable bonds is 6. The van der Waals surface area contributed by atoms with Gasteiger partial charge in [0.2, 0.25) is 5.91 Å². The lowest BCUT2D eigenvalue weighted by molar-refractivity contribution is -0.117. The molecule has 0 saturated heterocycles. The molecule has 0 aliphatic heterocycles. The summed E-state index contributed by atoms with van der Waals surface area (Å²) in [6.07, 6.45) is 0. The number of carbonyl (C=O) groups is 2. The number of ether oxygens (including phenoxy) is 1. The Morgan fingerprint density at radius 3 is 2.48 bits per heavy atom. The number of para-hydroxylation sites is 1. The van der Waals surface area contributed by atoms with E-state index in [1.165, 1.54) is 31.2 Å². The fourth-order valence-corrected chi connectivity index (χ4v) is 2.11. The highest BCUT2D eigenvalue weighted by Crippen LogP contribution is 2.16. The van der Waals surface area contributed by atoms with E-state index in [1.54, 1.807) is 12.1 Å². The van der Waals surface area contributed by atoms with Gasteiger partial charge in [-0.05, 0) is 43.7 Å². The molecule has 0 heterocycles. The van der Waals surface area contributed by atoms with Gasteiger partial charge in [0.05, 0.1) is 0 Å². The van der Waals surface area contributed by atoms with Crippen LogP contribution in [0.2, 0.25) is 0 Å². The number of hydrogen-bond donors (Lipinski definition) is 2. The lowest BCUT2D eigenvalue weighted by atomic mass is 10.1. The molecule has 0 spiro atoms. The molecule has 0 aromatic heterocycles. The van der Waals surface area contributed by atoms with Crippen molar-refractivity contribution in [2.24, 2.45) is 0 Å². The summed E-state index contributed by atoms with van der Waals surface area (Å²) in [5, 5.41) is 5.25. The maximum atomic E-state index is 12.2. The molecule has 25 heavy (non-hydrogen) atoms. The highest BCUT2D eigenvalue weighted by atomic mass is 19.3. The average Bonchev–Trinajstić information content (AvgIpc) is 2.56. The van der Waals surface area contributed by atoms with Crippen molar-refractivity contribution in [3.05, 3.63) is 59.7 Å². The monoisotopic (exact) mass is 348 g/mol. The van der Waals surface area contributed by atoms with Crippen LogP contribution in [0.4, 0.5) is 14.5 Å². The molecule has 2 rings (SSSR count). The molecule has 0 aliphatic rings. The zero-order chi connectivity index (χ0) is 18.4. The van der Waals surface area contributed by atoms with Gasteiger partial charge in [0.1, 0.15) is 11.8 Å². The first-order chi connectivity index (χ1) is 11.9. The number of amides is 2. The van der Waals surface area contributed by atoms with E-state index in [0.717, 1.165) is 5.56 Å². The maximum absolute atomic E-state index is 12.2. The first-order valence-electron chi connectivity index (χ1n) is 7.59. The van der Waals surface area contributed by atoms with Crippen LogP contribution in [-0.2, 0) is 4.79 Å². The summed E-state index contributed by atoms with van der Waals surface area (Å²) in [6.45, 7) is 0.412. The van der Waals surface area contributed by atoms with Gasteiger partial charge in [0.15, 0.2) is 0 Å². The number of nitrogens with one attached hydrogen (secondary N) is 2. The van der Waals surface area contributed by atoms with E-state index in [2.05, 4.69) is 15.4 Å². The predicted octanol–water partition coefficient (Wildman–Crippen LogP) is 3.35. The van der Waals surface area contributed by atoms with Crippen LogP contribution in [0.15, 0.2) is 48.5 Å². The maximum Gasteiger partial charge on any atom is 0.387 e. The fraction of sp³-hybridized carbons (Fsp3) is 0.222. The third-order valence-corrected chi connectivity index (χ3v) is 3.47. The standard InChI is InChI=1S/C18H18F2N2O3/c1-11-6-3-4-9-15(11)22-16(23)12(2)21-17(24)13-7-5-8-14(10-13)25-18(19)20/h3-10,12,18H,1-2H3,(H,21,24)(H,22,23). The number of carbonyl (C=O) groups excluding carboxylic acids is 2. The number of alkyl halides is 2. The summed E-state index contributed by atoms with van der Waals surface area (Å²) in [4.78, 5) is 24.4. The third-order valence-electron chi connectivity index (χ3n) is 3.47. The molecule has 5 nitrogen and oxygen atoms in total. The molecule has 0 fully saturated rings. The molecular formula is C18H18F2N2O3. The van der Waals surface area contributed by atoms with Crippen molar-refractivity contribution in [3.8, 4) is 5.75 Å². The molecule has 2 amide bonds. The van der Waals surface area contributed by atoms with Gasteiger partial charge >= 0.3 is 6.61 Å². The Hall–Kier alpha value is -2.96. The van der Waals surface area contributed by atoms with Crippen LogP contribution < -0.4 is 15.4 Å². The van der Waals surface area contributed by atoms with E-state index in [-0.39, 0.29) is 17.2 Å². The molecule has 132 valence electrons. The first-order valence-corrected chi connectivity index (χ1v) is 7.59. The van der Waals surface area contributed by atoms with E-state index in [9.17, 15) is 18.4 Å². The Labute approximate surface area is 144 Å². The largest absolute Gasteiger partial charge is 0.435 e. The molecule has 7 heteroatoms. The number of benzene rings is 2. The minimum atomic E-state index is -2.97. The van der Waals surface area contributed by atoms with Crippen LogP contribution in [0.25, 0.3) is 0 Å². The summed E-state index contributed by atoms with van der Waals surface area (Å²) in [7, 11) is 0. The Morgan fingerprint density at radius 1 is 1.08 bits per heavy atom. The van der Waals surface area contributed by atoms with Crippen molar-refractivity contribution in [2.45, 2.75) is 26.5 Å². The molecule has 2 aromatic rings. The second kappa shape index (κ2) is 8.23. The highest BCUT2D eigenvalue weighted by Gasteiger charge is 2.18. The average molecular weight is 348 g/mol. The zero-order valence-electron chi connectivity index (χ0n) is 13.8. The zero-order valence-corrected chi connectivity index (χ0v) is 13.8. The van der Waals surface area contributed by atoms with Gasteiger partial charge in [0, 0.05) is 11.3 Å². The van der Waals surface area contributed by atoms with Gasteiger partial charge in [0.25, 0.3) is 5.91 Å². The molecule has 2 aromatic carbocycles. The van der Waals surface area contributed by atoms with Crippen molar-refractivity contribution >= 4 is 17.5 Å². The topological polar surface area (TPSA) is 67.4 Å². The molecular weight excluding hydrogens is 330 g/mol. The van der Waals surface area contributed by atoms with E-state index in [0.29, 0.717) is 5.69 Å². The van der Waals surface area contributed by atoms with E-state index >= 15 is 0 Å². The number of hydrogen-bond acceptors (Lipinski definition) is 3. The Morgan fingerprint density at radius 2 is 1.80 bits per heavy atom. The molecule has 1 atom stereocenters. The second-order valence-electron chi connectivity index (χ2n) is 5.41. The van der Waals surface area contributed by atoms with Gasteiger partial charge in [-0.25, -0.2) is 0 Å². The highest BCUT2D eigenvalue weighted by molar-refractivity contribution is 6.01.